The molecule has 0 radical (unpaired) electrons. The van der Waals surface area contributed by atoms with Gasteiger partial charge in [-0.1, -0.05) is 6.07 Å². The van der Waals surface area contributed by atoms with Gasteiger partial charge in [-0.05, 0) is 36.4 Å². The van der Waals surface area contributed by atoms with Crippen LogP contribution in [0.1, 0.15) is 5.69 Å². The molecule has 1 aromatic carbocycles. The van der Waals surface area contributed by atoms with E-state index in [0.29, 0.717) is 0 Å². The van der Waals surface area contributed by atoms with E-state index >= 15 is 0 Å². The predicted octanol–water partition coefficient (Wildman–Crippen LogP) is 3.55. The Morgan fingerprint density at radius 2 is 1.78 bits per heavy atom. The third-order valence-corrected chi connectivity index (χ3v) is 2.29. The Bertz CT molecular complexity index is 435. The molecule has 1 aromatic heterocycles. The van der Waals surface area contributed by atoms with Gasteiger partial charge in [-0.25, -0.2) is 0 Å². The summed E-state index contributed by atoms with van der Waals surface area (Å²) in [6.07, 6.45) is 1.80. The van der Waals surface area contributed by atoms with E-state index in [1.165, 1.54) is 0 Å². The highest BCUT2D eigenvalue weighted by Crippen LogP contribution is 2.15. The molecule has 0 bridgehead atoms. The Balaban J connectivity index is 0.00000144. The highest BCUT2D eigenvalue weighted by Gasteiger charge is 1.95. The Morgan fingerprint density at radius 1 is 1.06 bits per heavy atom. The lowest BCUT2D eigenvalue weighted by Gasteiger charge is -2.06. The number of aromatic nitrogens is 1. The van der Waals surface area contributed by atoms with Crippen LogP contribution >= 0.6 is 24.8 Å². The SMILES string of the molecule is COc1ccc(NCc2ccccn2)cc1.Cl.Cl. The van der Waals surface area contributed by atoms with Gasteiger partial charge in [-0.3, -0.25) is 4.98 Å². The first-order valence-corrected chi connectivity index (χ1v) is 5.16. The molecule has 0 aliphatic carbocycles. The Hall–Kier alpha value is -1.45. The minimum atomic E-state index is 0. The van der Waals surface area contributed by atoms with E-state index in [-0.39, 0.29) is 24.8 Å². The lowest BCUT2D eigenvalue weighted by molar-refractivity contribution is 0.415. The summed E-state index contributed by atoms with van der Waals surface area (Å²) in [6.45, 7) is 0.729. The second kappa shape index (κ2) is 8.61. The number of nitrogens with one attached hydrogen (secondary N) is 1. The number of anilines is 1. The van der Waals surface area contributed by atoms with E-state index in [4.69, 9.17) is 4.74 Å². The summed E-state index contributed by atoms with van der Waals surface area (Å²) in [5, 5.41) is 3.29. The molecule has 0 aliphatic heterocycles. The number of rotatable bonds is 4. The molecule has 0 fully saturated rings. The zero-order valence-corrected chi connectivity index (χ0v) is 11.6. The number of methoxy groups -OCH3 is 1. The van der Waals surface area contributed by atoms with Crippen molar-refractivity contribution in [2.24, 2.45) is 0 Å². The lowest BCUT2D eigenvalue weighted by atomic mass is 10.3. The van der Waals surface area contributed by atoms with E-state index in [9.17, 15) is 0 Å². The second-order valence-corrected chi connectivity index (χ2v) is 3.40. The van der Waals surface area contributed by atoms with Gasteiger partial charge in [0.05, 0.1) is 19.3 Å². The van der Waals surface area contributed by atoms with Crippen molar-refractivity contribution in [3.8, 4) is 5.75 Å². The van der Waals surface area contributed by atoms with Crippen molar-refractivity contribution in [2.45, 2.75) is 6.54 Å². The fourth-order valence-electron chi connectivity index (χ4n) is 1.40. The number of ether oxygens (including phenoxy) is 1. The molecule has 98 valence electrons. The number of hydrogen-bond donors (Lipinski definition) is 1. The van der Waals surface area contributed by atoms with Gasteiger partial charge in [-0.15, -0.1) is 24.8 Å². The molecule has 0 atom stereocenters. The third kappa shape index (κ3) is 4.82. The fourth-order valence-corrected chi connectivity index (χ4v) is 1.40. The molecule has 2 aromatic rings. The number of nitrogens with zero attached hydrogens (tertiary/aromatic N) is 1. The molecule has 0 unspecified atom stereocenters. The summed E-state index contributed by atoms with van der Waals surface area (Å²) < 4.78 is 5.09. The summed E-state index contributed by atoms with van der Waals surface area (Å²) in [5.74, 6) is 0.864. The first-order chi connectivity index (χ1) is 7.88. The first kappa shape index (κ1) is 16.6. The van der Waals surface area contributed by atoms with Crippen molar-refractivity contribution in [3.05, 3.63) is 54.4 Å². The molecule has 0 amide bonds. The molecule has 2 rings (SSSR count). The van der Waals surface area contributed by atoms with Crippen molar-refractivity contribution >= 4 is 30.5 Å². The van der Waals surface area contributed by atoms with Gasteiger partial charge < -0.3 is 10.1 Å². The molecular weight excluding hydrogens is 271 g/mol. The van der Waals surface area contributed by atoms with Crippen LogP contribution in [0.4, 0.5) is 5.69 Å². The normalized spacial score (nSPS) is 8.72. The number of pyridine rings is 1. The molecule has 5 heteroatoms. The summed E-state index contributed by atoms with van der Waals surface area (Å²) >= 11 is 0. The molecule has 0 aliphatic rings. The summed E-state index contributed by atoms with van der Waals surface area (Å²) in [5.41, 5.74) is 2.09. The zero-order chi connectivity index (χ0) is 11.2. The number of benzene rings is 1. The lowest BCUT2D eigenvalue weighted by Crippen LogP contribution is -2.00. The molecule has 18 heavy (non-hydrogen) atoms. The van der Waals surface area contributed by atoms with E-state index in [1.54, 1.807) is 13.3 Å². The highest BCUT2D eigenvalue weighted by atomic mass is 35.5. The van der Waals surface area contributed by atoms with Crippen LogP contribution in [0.15, 0.2) is 48.7 Å². The molecular formula is C13H16Cl2N2O. The van der Waals surface area contributed by atoms with Crippen LogP contribution < -0.4 is 10.1 Å². The van der Waals surface area contributed by atoms with E-state index in [2.05, 4.69) is 10.3 Å². The van der Waals surface area contributed by atoms with E-state index in [0.717, 1.165) is 23.7 Å². The van der Waals surface area contributed by atoms with Gasteiger partial charge in [0.25, 0.3) is 0 Å². The van der Waals surface area contributed by atoms with E-state index in [1.807, 2.05) is 42.5 Å². The van der Waals surface area contributed by atoms with Crippen LogP contribution in [-0.2, 0) is 6.54 Å². The first-order valence-electron chi connectivity index (χ1n) is 5.16. The monoisotopic (exact) mass is 286 g/mol. The largest absolute Gasteiger partial charge is 0.497 e. The van der Waals surface area contributed by atoms with Gasteiger partial charge in [-0.2, -0.15) is 0 Å². The van der Waals surface area contributed by atoms with Crippen LogP contribution in [0.2, 0.25) is 0 Å². The van der Waals surface area contributed by atoms with Crippen molar-refractivity contribution in [3.63, 3.8) is 0 Å². The van der Waals surface area contributed by atoms with Gasteiger partial charge in [0.1, 0.15) is 5.75 Å². The van der Waals surface area contributed by atoms with E-state index < -0.39 is 0 Å². The molecule has 0 spiro atoms. The highest BCUT2D eigenvalue weighted by molar-refractivity contribution is 5.85. The van der Waals surface area contributed by atoms with Crippen molar-refractivity contribution < 1.29 is 4.74 Å². The molecule has 1 heterocycles. The summed E-state index contributed by atoms with van der Waals surface area (Å²) in [7, 11) is 1.66. The van der Waals surface area contributed by atoms with Gasteiger partial charge in [0.2, 0.25) is 0 Å². The summed E-state index contributed by atoms with van der Waals surface area (Å²) in [6, 6.07) is 13.7. The van der Waals surface area contributed by atoms with Gasteiger partial charge in [0, 0.05) is 11.9 Å². The maximum absolute atomic E-state index is 5.09. The van der Waals surface area contributed by atoms with Crippen LogP contribution in [0, 0.1) is 0 Å². The quantitative estimate of drug-likeness (QED) is 0.933. The fraction of sp³-hybridized carbons (Fsp3) is 0.154. The van der Waals surface area contributed by atoms with Crippen LogP contribution in [0.25, 0.3) is 0 Å². The average Bonchev–Trinajstić information content (AvgIpc) is 2.38. The zero-order valence-electron chi connectivity index (χ0n) is 10.00. The molecule has 0 saturated carbocycles. The van der Waals surface area contributed by atoms with Crippen LogP contribution in [0.3, 0.4) is 0 Å². The average molecular weight is 287 g/mol. The van der Waals surface area contributed by atoms with Crippen molar-refractivity contribution in [1.29, 1.82) is 0 Å². The predicted molar refractivity (Wildman–Crippen MR) is 79.1 cm³/mol. The summed E-state index contributed by atoms with van der Waals surface area (Å²) in [4.78, 5) is 4.24. The number of halogens is 2. The standard InChI is InChI=1S/C13H14N2O.2ClH/c1-16-13-7-5-11(6-8-13)15-10-12-4-2-3-9-14-12;;/h2-9,15H,10H2,1H3;2*1H. The maximum atomic E-state index is 5.09. The van der Waals surface area contributed by atoms with Gasteiger partial charge >= 0.3 is 0 Å². The van der Waals surface area contributed by atoms with Crippen molar-refractivity contribution in [2.75, 3.05) is 12.4 Å². The Labute approximate surface area is 119 Å². The minimum Gasteiger partial charge on any atom is -0.497 e. The smallest absolute Gasteiger partial charge is 0.119 e. The minimum absolute atomic E-state index is 0. The van der Waals surface area contributed by atoms with Crippen LogP contribution in [-0.4, -0.2) is 12.1 Å². The molecule has 0 saturated heterocycles. The number of hydrogen-bond acceptors (Lipinski definition) is 3. The molecule has 1 N–H and O–H groups in total. The topological polar surface area (TPSA) is 34.1 Å². The van der Waals surface area contributed by atoms with Crippen LogP contribution in [0.5, 0.6) is 5.75 Å². The van der Waals surface area contributed by atoms with Crippen molar-refractivity contribution in [1.82, 2.24) is 4.98 Å². The van der Waals surface area contributed by atoms with Gasteiger partial charge in [0.15, 0.2) is 0 Å². The Morgan fingerprint density at radius 3 is 2.33 bits per heavy atom. The molecule has 3 nitrogen and oxygen atoms in total. The maximum Gasteiger partial charge on any atom is 0.119 e. The third-order valence-electron chi connectivity index (χ3n) is 2.29. The second-order valence-electron chi connectivity index (χ2n) is 3.40. The Kier molecular flexibility index (Phi) is 7.92.